The molecule has 1 aliphatic carbocycles. The quantitative estimate of drug-likeness (QED) is 0.480. The van der Waals surface area contributed by atoms with Crippen LogP contribution in [-0.2, 0) is 25.7 Å². The second-order valence-electron chi connectivity index (χ2n) is 8.42. The van der Waals surface area contributed by atoms with Gasteiger partial charge in [-0.3, -0.25) is 4.79 Å². The van der Waals surface area contributed by atoms with Crippen molar-refractivity contribution in [1.29, 1.82) is 0 Å². The summed E-state index contributed by atoms with van der Waals surface area (Å²) >= 11 is 0. The minimum atomic E-state index is -0.890. The van der Waals surface area contributed by atoms with Gasteiger partial charge in [0, 0.05) is 6.54 Å². The van der Waals surface area contributed by atoms with E-state index in [1.165, 1.54) is 16.8 Å². The summed E-state index contributed by atoms with van der Waals surface area (Å²) in [6, 6.07) is 14.1. The molecule has 1 heterocycles. The Balaban J connectivity index is 1.32. The number of rotatable bonds is 9. The predicted molar refractivity (Wildman–Crippen MR) is 119 cm³/mol. The number of benzene rings is 2. The summed E-state index contributed by atoms with van der Waals surface area (Å²) in [7, 11) is 0. The number of ether oxygens (including phenoxy) is 2. The van der Waals surface area contributed by atoms with E-state index in [1.54, 1.807) is 0 Å². The van der Waals surface area contributed by atoms with E-state index in [1.807, 2.05) is 25.1 Å². The molecule has 1 aliphatic heterocycles. The highest BCUT2D eigenvalue weighted by Gasteiger charge is 2.61. The van der Waals surface area contributed by atoms with Crippen LogP contribution in [0.15, 0.2) is 55.1 Å². The summed E-state index contributed by atoms with van der Waals surface area (Å²) in [5.41, 5.74) is 0.247. The van der Waals surface area contributed by atoms with Crippen molar-refractivity contribution in [2.24, 2.45) is 5.92 Å². The van der Waals surface area contributed by atoms with Gasteiger partial charge in [0.25, 0.3) is 0 Å². The Kier molecular flexibility index (Phi) is 6.39. The molecule has 0 aromatic heterocycles. The molecular formula is C25H30N2O4. The number of hydrogen-bond acceptors (Lipinski definition) is 5. The maximum absolute atomic E-state index is 12.9. The van der Waals surface area contributed by atoms with Gasteiger partial charge in [-0.2, -0.15) is 0 Å². The topological polar surface area (TPSA) is 76.7 Å². The first kappa shape index (κ1) is 21.5. The molecule has 31 heavy (non-hydrogen) atoms. The first-order chi connectivity index (χ1) is 15.1. The zero-order valence-corrected chi connectivity index (χ0v) is 17.9. The molecule has 2 aromatic carbocycles. The third-order valence-corrected chi connectivity index (χ3v) is 6.40. The lowest BCUT2D eigenvalue weighted by molar-refractivity contribution is -0.149. The zero-order chi connectivity index (χ0) is 21.8. The fourth-order valence-electron chi connectivity index (χ4n) is 4.50. The Morgan fingerprint density at radius 1 is 1.26 bits per heavy atom. The van der Waals surface area contributed by atoms with Gasteiger partial charge in [-0.1, -0.05) is 68.5 Å². The lowest BCUT2D eigenvalue weighted by atomic mass is 10.1. The molecule has 0 radical (unpaired) electrons. The third kappa shape index (κ3) is 4.50. The summed E-state index contributed by atoms with van der Waals surface area (Å²) in [5.74, 6) is -0.411. The highest BCUT2D eigenvalue weighted by Crippen LogP contribution is 2.47. The molecule has 164 valence electrons. The van der Waals surface area contributed by atoms with Gasteiger partial charge in [-0.15, -0.1) is 0 Å². The molecule has 6 nitrogen and oxygen atoms in total. The molecule has 1 amide bonds. The minimum absolute atomic E-state index is 0.0560. The standard InChI is InChI=1S/C25H30N2O4/c1-3-12-30-24(29)25(14-19(25)4-2)27-23(28)22-13-20(15-26-22)31-16-18-10-7-9-17-8-5-6-11-21(17)18/h3,5-11,19-20,22,26H,1,4,12-16H2,2H3,(H,27,28)/t19?,20-,22?,25-/m1/s1. The van der Waals surface area contributed by atoms with Crippen LogP contribution in [-0.4, -0.2) is 42.7 Å². The molecule has 4 atom stereocenters. The van der Waals surface area contributed by atoms with E-state index in [4.69, 9.17) is 9.47 Å². The van der Waals surface area contributed by atoms with E-state index in [9.17, 15) is 9.59 Å². The van der Waals surface area contributed by atoms with Crippen LogP contribution >= 0.6 is 0 Å². The zero-order valence-electron chi connectivity index (χ0n) is 17.9. The van der Waals surface area contributed by atoms with Crippen LogP contribution in [0.1, 0.15) is 31.7 Å². The first-order valence-electron chi connectivity index (χ1n) is 11.0. The minimum Gasteiger partial charge on any atom is -0.460 e. The van der Waals surface area contributed by atoms with Crippen LogP contribution in [0.25, 0.3) is 10.8 Å². The molecule has 2 aliphatic rings. The highest BCUT2D eigenvalue weighted by atomic mass is 16.5. The molecule has 2 aromatic rings. The molecule has 1 saturated heterocycles. The number of carbonyl (C=O) groups is 2. The fraction of sp³-hybridized carbons (Fsp3) is 0.440. The largest absolute Gasteiger partial charge is 0.460 e. The summed E-state index contributed by atoms with van der Waals surface area (Å²) in [6.07, 6.45) is 3.50. The first-order valence-corrected chi connectivity index (χ1v) is 11.0. The number of amides is 1. The van der Waals surface area contributed by atoms with Crippen molar-refractivity contribution in [1.82, 2.24) is 10.6 Å². The van der Waals surface area contributed by atoms with Crippen molar-refractivity contribution >= 4 is 22.6 Å². The highest BCUT2D eigenvalue weighted by molar-refractivity contribution is 5.93. The van der Waals surface area contributed by atoms with E-state index in [0.29, 0.717) is 26.0 Å². The molecule has 1 saturated carbocycles. The molecular weight excluding hydrogens is 392 g/mol. The Bertz CT molecular complexity index is 970. The van der Waals surface area contributed by atoms with Crippen molar-refractivity contribution in [2.75, 3.05) is 13.2 Å². The predicted octanol–water partition coefficient (Wildman–Crippen LogP) is 3.10. The van der Waals surface area contributed by atoms with Gasteiger partial charge in [0.05, 0.1) is 18.8 Å². The van der Waals surface area contributed by atoms with Gasteiger partial charge < -0.3 is 20.1 Å². The van der Waals surface area contributed by atoms with Crippen molar-refractivity contribution in [2.45, 2.75) is 50.5 Å². The number of fused-ring (bicyclic) bond motifs is 1. The van der Waals surface area contributed by atoms with Gasteiger partial charge in [0.15, 0.2) is 0 Å². The van der Waals surface area contributed by atoms with Crippen LogP contribution in [0.3, 0.4) is 0 Å². The number of carbonyl (C=O) groups excluding carboxylic acids is 2. The van der Waals surface area contributed by atoms with Crippen LogP contribution in [0.4, 0.5) is 0 Å². The molecule has 4 rings (SSSR count). The summed E-state index contributed by atoms with van der Waals surface area (Å²) < 4.78 is 11.4. The Hall–Kier alpha value is -2.70. The van der Waals surface area contributed by atoms with Crippen LogP contribution in [0.2, 0.25) is 0 Å². The Morgan fingerprint density at radius 3 is 2.84 bits per heavy atom. The van der Waals surface area contributed by atoms with Crippen LogP contribution < -0.4 is 10.6 Å². The monoisotopic (exact) mass is 422 g/mol. The van der Waals surface area contributed by atoms with Gasteiger partial charge in [0.1, 0.15) is 12.1 Å². The van der Waals surface area contributed by atoms with Gasteiger partial charge in [0.2, 0.25) is 5.91 Å². The molecule has 2 fully saturated rings. The van der Waals surface area contributed by atoms with Crippen molar-refractivity contribution in [3.05, 3.63) is 60.7 Å². The van der Waals surface area contributed by atoms with Crippen molar-refractivity contribution < 1.29 is 19.1 Å². The molecule has 0 spiro atoms. The average molecular weight is 423 g/mol. The molecule has 0 bridgehead atoms. The van der Waals surface area contributed by atoms with Crippen molar-refractivity contribution in [3.63, 3.8) is 0 Å². The average Bonchev–Trinajstić information content (AvgIpc) is 3.30. The van der Waals surface area contributed by atoms with Gasteiger partial charge in [-0.05, 0) is 35.1 Å². The van der Waals surface area contributed by atoms with Gasteiger partial charge >= 0.3 is 5.97 Å². The second kappa shape index (κ2) is 9.20. The van der Waals surface area contributed by atoms with E-state index in [-0.39, 0.29) is 36.5 Å². The Morgan fingerprint density at radius 2 is 2.06 bits per heavy atom. The number of hydrogen-bond donors (Lipinski definition) is 2. The van der Waals surface area contributed by atoms with Crippen molar-refractivity contribution in [3.8, 4) is 0 Å². The van der Waals surface area contributed by atoms with Crippen LogP contribution in [0.5, 0.6) is 0 Å². The molecule has 6 heteroatoms. The van der Waals surface area contributed by atoms with E-state index >= 15 is 0 Å². The van der Waals surface area contributed by atoms with Crippen LogP contribution in [0, 0.1) is 5.92 Å². The maximum Gasteiger partial charge on any atom is 0.332 e. The molecule has 2 N–H and O–H groups in total. The summed E-state index contributed by atoms with van der Waals surface area (Å²) in [6.45, 7) is 6.85. The van der Waals surface area contributed by atoms with Gasteiger partial charge in [-0.25, -0.2) is 4.79 Å². The SMILES string of the molecule is C=CCOC(=O)[C@@]1(NC(=O)C2C[C@@H](OCc3cccc4ccccc34)CN2)CC1CC. The normalized spacial score (nSPS) is 27.1. The smallest absolute Gasteiger partial charge is 0.332 e. The second-order valence-corrected chi connectivity index (χ2v) is 8.42. The lowest BCUT2D eigenvalue weighted by Crippen LogP contribution is -2.51. The third-order valence-electron chi connectivity index (χ3n) is 6.40. The van der Waals surface area contributed by atoms with E-state index in [2.05, 4.69) is 41.5 Å². The summed E-state index contributed by atoms with van der Waals surface area (Å²) in [4.78, 5) is 25.4. The van der Waals surface area contributed by atoms with E-state index in [0.717, 1.165) is 12.0 Å². The summed E-state index contributed by atoms with van der Waals surface area (Å²) in [5, 5.41) is 8.59. The molecule has 2 unspecified atom stereocenters. The number of esters is 1. The lowest BCUT2D eigenvalue weighted by Gasteiger charge is -2.20. The maximum atomic E-state index is 12.9. The Labute approximate surface area is 183 Å². The number of nitrogens with one attached hydrogen (secondary N) is 2. The fourth-order valence-corrected chi connectivity index (χ4v) is 4.50. The van der Waals surface area contributed by atoms with E-state index < -0.39 is 5.54 Å².